The summed E-state index contributed by atoms with van der Waals surface area (Å²) in [5.74, 6) is 1.05. The zero-order valence-corrected chi connectivity index (χ0v) is 20.2. The first-order valence-corrected chi connectivity index (χ1v) is 11.5. The molecule has 31 heavy (non-hydrogen) atoms. The summed E-state index contributed by atoms with van der Waals surface area (Å²) in [5, 5.41) is 4.45. The Hall–Kier alpha value is -1.79. The monoisotopic (exact) mass is 525 g/mol. The zero-order valence-electron chi connectivity index (χ0n) is 17.1. The minimum atomic E-state index is -0.175. The zero-order chi connectivity index (χ0) is 22.2. The molecular weight excluding hydrogens is 504 g/mol. The molecule has 0 heterocycles. The van der Waals surface area contributed by atoms with Crippen LogP contribution in [0.25, 0.3) is 0 Å². The lowest BCUT2D eigenvalue weighted by molar-refractivity contribution is 0.267. The van der Waals surface area contributed by atoms with Crippen molar-refractivity contribution in [1.29, 1.82) is 0 Å². The molecule has 7 heteroatoms. The van der Waals surface area contributed by atoms with Gasteiger partial charge in [0.2, 0.25) is 0 Å². The molecule has 0 bridgehead atoms. The van der Waals surface area contributed by atoms with Crippen LogP contribution in [0.1, 0.15) is 23.6 Å². The largest absolute Gasteiger partial charge is 0.490 e. The number of hydrogen-bond acceptors (Lipinski definition) is 3. The van der Waals surface area contributed by atoms with E-state index in [1.165, 1.54) is 6.07 Å². The van der Waals surface area contributed by atoms with Crippen molar-refractivity contribution in [3.05, 3.63) is 91.6 Å². The van der Waals surface area contributed by atoms with Crippen LogP contribution in [-0.2, 0) is 19.6 Å². The Labute approximate surface area is 200 Å². The lowest BCUT2D eigenvalue weighted by Gasteiger charge is -2.17. The lowest BCUT2D eigenvalue weighted by atomic mass is 10.1. The van der Waals surface area contributed by atoms with E-state index >= 15 is 0 Å². The molecule has 0 saturated heterocycles. The van der Waals surface area contributed by atoms with E-state index in [0.29, 0.717) is 53.2 Å². The minimum Gasteiger partial charge on any atom is -0.490 e. The fourth-order valence-corrected chi connectivity index (χ4v) is 4.21. The molecule has 0 amide bonds. The lowest BCUT2D eigenvalue weighted by Crippen LogP contribution is -2.17. The Balaban J connectivity index is 1.66. The van der Waals surface area contributed by atoms with Gasteiger partial charge in [-0.05, 0) is 77.3 Å². The molecule has 3 rings (SSSR count). The van der Waals surface area contributed by atoms with Crippen molar-refractivity contribution in [1.82, 2.24) is 5.32 Å². The highest BCUT2D eigenvalue weighted by atomic mass is 79.9. The van der Waals surface area contributed by atoms with Crippen LogP contribution in [-0.4, -0.2) is 13.2 Å². The van der Waals surface area contributed by atoms with Gasteiger partial charge >= 0.3 is 0 Å². The highest BCUT2D eigenvalue weighted by Crippen LogP contribution is 2.38. The summed E-state index contributed by atoms with van der Waals surface area (Å²) in [4.78, 5) is 0. The third-order valence-electron chi connectivity index (χ3n) is 4.65. The van der Waals surface area contributed by atoms with E-state index in [1.807, 2.05) is 25.1 Å². The fourth-order valence-electron chi connectivity index (χ4n) is 3.10. The summed E-state index contributed by atoms with van der Waals surface area (Å²) >= 11 is 16.1. The maximum absolute atomic E-state index is 13.7. The molecular formula is C24H23BrCl2FNO2. The maximum Gasteiger partial charge on any atom is 0.175 e. The molecule has 164 valence electrons. The fraction of sp³-hybridized carbons (Fsp3) is 0.250. The summed E-state index contributed by atoms with van der Waals surface area (Å²) in [6.45, 7) is 3.91. The van der Waals surface area contributed by atoms with Gasteiger partial charge < -0.3 is 14.8 Å². The van der Waals surface area contributed by atoms with Gasteiger partial charge in [0.1, 0.15) is 12.4 Å². The molecule has 0 aliphatic carbocycles. The van der Waals surface area contributed by atoms with Crippen molar-refractivity contribution in [2.45, 2.75) is 26.5 Å². The van der Waals surface area contributed by atoms with Crippen LogP contribution in [0.15, 0.2) is 59.1 Å². The van der Waals surface area contributed by atoms with Crippen molar-refractivity contribution in [3.8, 4) is 11.5 Å². The predicted molar refractivity (Wildman–Crippen MR) is 128 cm³/mol. The standard InChI is InChI=1S/C24H23BrCl2FNO2/c1-2-30-23-13-16(14-29-11-10-17-6-3-4-9-22(17)28)12-19(25)24(23)31-15-18-20(26)7-5-8-21(18)27/h3-9,12-13,29H,2,10-11,14-15H2,1H3. The minimum absolute atomic E-state index is 0.175. The van der Waals surface area contributed by atoms with E-state index in [4.69, 9.17) is 32.7 Å². The Morgan fingerprint density at radius 1 is 1.00 bits per heavy atom. The third kappa shape index (κ3) is 6.59. The average Bonchev–Trinajstić information content (AvgIpc) is 2.74. The van der Waals surface area contributed by atoms with Crippen LogP contribution >= 0.6 is 39.1 Å². The van der Waals surface area contributed by atoms with Gasteiger partial charge in [0.15, 0.2) is 11.5 Å². The number of rotatable bonds is 10. The Kier molecular flexibility index (Phi) is 9.02. The molecule has 3 nitrogen and oxygen atoms in total. The molecule has 0 unspecified atom stereocenters. The van der Waals surface area contributed by atoms with Gasteiger partial charge in [-0.3, -0.25) is 0 Å². The quantitative estimate of drug-likeness (QED) is 0.283. The van der Waals surface area contributed by atoms with Crippen LogP contribution in [0.2, 0.25) is 10.0 Å². The average molecular weight is 527 g/mol. The molecule has 1 N–H and O–H groups in total. The number of ether oxygens (including phenoxy) is 2. The van der Waals surface area contributed by atoms with Gasteiger partial charge in [-0.15, -0.1) is 0 Å². The Bertz CT molecular complexity index is 1010. The van der Waals surface area contributed by atoms with Gasteiger partial charge in [-0.1, -0.05) is 47.5 Å². The van der Waals surface area contributed by atoms with Gasteiger partial charge in [-0.2, -0.15) is 0 Å². The van der Waals surface area contributed by atoms with E-state index in [-0.39, 0.29) is 12.4 Å². The van der Waals surface area contributed by atoms with Crippen molar-refractivity contribution in [3.63, 3.8) is 0 Å². The van der Waals surface area contributed by atoms with E-state index in [2.05, 4.69) is 21.2 Å². The first-order chi connectivity index (χ1) is 15.0. The van der Waals surface area contributed by atoms with Crippen molar-refractivity contribution < 1.29 is 13.9 Å². The van der Waals surface area contributed by atoms with Crippen LogP contribution < -0.4 is 14.8 Å². The molecule has 0 fully saturated rings. The van der Waals surface area contributed by atoms with E-state index in [9.17, 15) is 4.39 Å². The first kappa shape index (κ1) is 23.9. The Morgan fingerprint density at radius 2 is 1.74 bits per heavy atom. The molecule has 0 spiro atoms. The van der Waals surface area contributed by atoms with Crippen LogP contribution in [0.4, 0.5) is 4.39 Å². The predicted octanol–water partition coefficient (Wildman–Crippen LogP) is 7.21. The molecule has 0 aliphatic rings. The van der Waals surface area contributed by atoms with Crippen LogP contribution in [0, 0.1) is 5.82 Å². The van der Waals surface area contributed by atoms with Crippen molar-refractivity contribution in [2.24, 2.45) is 0 Å². The molecule has 3 aromatic carbocycles. The van der Waals surface area contributed by atoms with Crippen LogP contribution in [0.5, 0.6) is 11.5 Å². The van der Waals surface area contributed by atoms with Gasteiger partial charge in [0, 0.05) is 22.2 Å². The van der Waals surface area contributed by atoms with E-state index < -0.39 is 0 Å². The maximum atomic E-state index is 13.7. The normalized spacial score (nSPS) is 10.9. The number of benzene rings is 3. The molecule has 3 aromatic rings. The number of halogens is 4. The Morgan fingerprint density at radius 3 is 2.45 bits per heavy atom. The summed E-state index contributed by atoms with van der Waals surface area (Å²) in [7, 11) is 0. The summed E-state index contributed by atoms with van der Waals surface area (Å²) in [6.07, 6.45) is 0.617. The second kappa shape index (κ2) is 11.7. The number of hydrogen-bond donors (Lipinski definition) is 1. The van der Waals surface area contributed by atoms with Crippen molar-refractivity contribution in [2.75, 3.05) is 13.2 Å². The van der Waals surface area contributed by atoms with E-state index in [1.54, 1.807) is 30.3 Å². The van der Waals surface area contributed by atoms with E-state index in [0.717, 1.165) is 15.6 Å². The molecule has 0 saturated carbocycles. The third-order valence-corrected chi connectivity index (χ3v) is 5.95. The first-order valence-electron chi connectivity index (χ1n) is 9.94. The van der Waals surface area contributed by atoms with Crippen LogP contribution in [0.3, 0.4) is 0 Å². The van der Waals surface area contributed by atoms with Gasteiger partial charge in [0.25, 0.3) is 0 Å². The summed E-state index contributed by atoms with van der Waals surface area (Å²) in [5.41, 5.74) is 2.44. The summed E-state index contributed by atoms with van der Waals surface area (Å²) < 4.78 is 26.3. The molecule has 0 atom stereocenters. The topological polar surface area (TPSA) is 30.5 Å². The molecule has 0 radical (unpaired) electrons. The molecule has 0 aliphatic heterocycles. The highest BCUT2D eigenvalue weighted by molar-refractivity contribution is 9.10. The smallest absolute Gasteiger partial charge is 0.175 e. The van der Waals surface area contributed by atoms with Gasteiger partial charge in [0.05, 0.1) is 11.1 Å². The summed E-state index contributed by atoms with van der Waals surface area (Å²) in [6, 6.07) is 16.1. The second-order valence-electron chi connectivity index (χ2n) is 6.84. The SMILES string of the molecule is CCOc1cc(CNCCc2ccccc2F)cc(Br)c1OCc1c(Cl)cccc1Cl. The van der Waals surface area contributed by atoms with Crippen molar-refractivity contribution >= 4 is 39.1 Å². The molecule has 0 aromatic heterocycles. The second-order valence-corrected chi connectivity index (χ2v) is 8.51. The number of nitrogens with one attached hydrogen (secondary N) is 1. The van der Waals surface area contributed by atoms with Gasteiger partial charge in [-0.25, -0.2) is 4.39 Å². The highest BCUT2D eigenvalue weighted by Gasteiger charge is 2.14.